The molecule has 19 heavy (non-hydrogen) atoms. The van der Waals surface area contributed by atoms with Crippen LogP contribution in [0.4, 0.5) is 0 Å². The van der Waals surface area contributed by atoms with Gasteiger partial charge in [-0.25, -0.2) is 12.7 Å². The Morgan fingerprint density at radius 2 is 1.79 bits per heavy atom. The molecule has 5 heteroatoms. The highest BCUT2D eigenvalue weighted by Gasteiger charge is 2.26. The average molecular weight is 290 g/mol. The number of sulfonamides is 1. The van der Waals surface area contributed by atoms with Gasteiger partial charge in [0.05, 0.1) is 5.75 Å². The van der Waals surface area contributed by atoms with Crippen molar-refractivity contribution in [3.05, 3.63) is 0 Å². The van der Waals surface area contributed by atoms with E-state index in [1.54, 1.807) is 11.4 Å². The molecule has 1 aliphatic rings. The van der Waals surface area contributed by atoms with Gasteiger partial charge in [0.1, 0.15) is 0 Å². The molecule has 0 heterocycles. The molecular formula is C14H30N2O2S. The third kappa shape index (κ3) is 6.23. The molecule has 1 N–H and O–H groups in total. The van der Waals surface area contributed by atoms with Crippen molar-refractivity contribution >= 4 is 10.0 Å². The van der Waals surface area contributed by atoms with E-state index in [0.29, 0.717) is 5.75 Å². The maximum Gasteiger partial charge on any atom is 0.214 e. The Balaban J connectivity index is 2.25. The van der Waals surface area contributed by atoms with Crippen molar-refractivity contribution < 1.29 is 8.42 Å². The van der Waals surface area contributed by atoms with Crippen LogP contribution in [0, 0.1) is 0 Å². The van der Waals surface area contributed by atoms with Gasteiger partial charge in [0.2, 0.25) is 10.0 Å². The van der Waals surface area contributed by atoms with E-state index in [4.69, 9.17) is 0 Å². The van der Waals surface area contributed by atoms with Gasteiger partial charge in [-0.15, -0.1) is 0 Å². The van der Waals surface area contributed by atoms with E-state index in [-0.39, 0.29) is 6.04 Å². The van der Waals surface area contributed by atoms with Gasteiger partial charge in [-0.1, -0.05) is 26.2 Å². The Morgan fingerprint density at radius 3 is 2.42 bits per heavy atom. The Hall–Kier alpha value is -0.130. The Labute approximate surface area is 119 Å². The molecule has 0 amide bonds. The molecule has 1 rings (SSSR count). The lowest BCUT2D eigenvalue weighted by atomic mass is 9.96. The number of unbranched alkanes of at least 4 members (excludes halogenated alkanes) is 1. The molecule has 1 fully saturated rings. The van der Waals surface area contributed by atoms with Crippen LogP contribution >= 0.6 is 0 Å². The van der Waals surface area contributed by atoms with Crippen molar-refractivity contribution in [1.82, 2.24) is 9.62 Å². The Kier molecular flexibility index (Phi) is 7.95. The average Bonchev–Trinajstić information content (AvgIpc) is 2.43. The zero-order valence-corrected chi connectivity index (χ0v) is 13.3. The fourth-order valence-corrected chi connectivity index (χ4v) is 4.17. The summed E-state index contributed by atoms with van der Waals surface area (Å²) >= 11 is 0. The fraction of sp³-hybridized carbons (Fsp3) is 1.00. The molecule has 0 saturated heterocycles. The third-order valence-corrected chi connectivity index (χ3v) is 5.94. The molecular weight excluding hydrogens is 260 g/mol. The zero-order chi connectivity index (χ0) is 14.1. The molecule has 0 aromatic heterocycles. The van der Waals surface area contributed by atoms with Gasteiger partial charge in [-0.05, 0) is 45.2 Å². The van der Waals surface area contributed by atoms with Crippen molar-refractivity contribution in [2.75, 3.05) is 25.9 Å². The summed E-state index contributed by atoms with van der Waals surface area (Å²) in [4.78, 5) is 0. The second-order valence-electron chi connectivity index (χ2n) is 5.58. The topological polar surface area (TPSA) is 49.4 Å². The van der Waals surface area contributed by atoms with E-state index in [0.717, 1.165) is 45.2 Å². The lowest BCUT2D eigenvalue weighted by Gasteiger charge is -2.30. The number of nitrogens with zero attached hydrogens (tertiary/aromatic N) is 1. The number of nitrogens with one attached hydrogen (secondary N) is 1. The van der Waals surface area contributed by atoms with E-state index in [2.05, 4.69) is 12.2 Å². The lowest BCUT2D eigenvalue weighted by Crippen LogP contribution is -2.39. The fourth-order valence-electron chi connectivity index (χ4n) is 2.65. The minimum atomic E-state index is -3.05. The number of hydrogen-bond donors (Lipinski definition) is 1. The van der Waals surface area contributed by atoms with Crippen LogP contribution in [0.15, 0.2) is 0 Å². The molecule has 1 saturated carbocycles. The Bertz CT molecular complexity index is 324. The minimum Gasteiger partial charge on any atom is -0.317 e. The van der Waals surface area contributed by atoms with Crippen molar-refractivity contribution in [2.45, 2.75) is 64.3 Å². The molecule has 0 spiro atoms. The maximum atomic E-state index is 12.2. The van der Waals surface area contributed by atoms with Crippen molar-refractivity contribution in [3.8, 4) is 0 Å². The molecule has 0 aromatic carbocycles. The summed E-state index contributed by atoms with van der Waals surface area (Å²) in [6.45, 7) is 4.09. The largest absolute Gasteiger partial charge is 0.317 e. The van der Waals surface area contributed by atoms with E-state index in [9.17, 15) is 8.42 Å². The highest BCUT2D eigenvalue weighted by Crippen LogP contribution is 2.23. The van der Waals surface area contributed by atoms with Crippen LogP contribution in [0.3, 0.4) is 0 Å². The summed E-state index contributed by atoms with van der Waals surface area (Å²) in [6, 6.07) is 0.247. The summed E-state index contributed by atoms with van der Waals surface area (Å²) < 4.78 is 26.1. The summed E-state index contributed by atoms with van der Waals surface area (Å²) in [5.41, 5.74) is 0. The molecule has 0 atom stereocenters. The molecule has 114 valence electrons. The minimum absolute atomic E-state index is 0.247. The van der Waals surface area contributed by atoms with Gasteiger partial charge in [0.25, 0.3) is 0 Å². The van der Waals surface area contributed by atoms with Crippen LogP contribution in [-0.2, 0) is 10.0 Å². The zero-order valence-electron chi connectivity index (χ0n) is 12.5. The second-order valence-corrected chi connectivity index (χ2v) is 7.73. The first-order valence-corrected chi connectivity index (χ1v) is 9.35. The second kappa shape index (κ2) is 8.93. The van der Waals surface area contributed by atoms with Crippen LogP contribution in [0.5, 0.6) is 0 Å². The summed E-state index contributed by atoms with van der Waals surface area (Å²) in [5.74, 6) is 0.299. The quantitative estimate of drug-likeness (QED) is 0.663. The van der Waals surface area contributed by atoms with E-state index in [1.807, 2.05) is 0 Å². The summed E-state index contributed by atoms with van der Waals surface area (Å²) in [7, 11) is -1.28. The molecule has 0 bridgehead atoms. The van der Waals surface area contributed by atoms with Gasteiger partial charge in [-0.3, -0.25) is 0 Å². The molecule has 0 aromatic rings. The van der Waals surface area contributed by atoms with Crippen LogP contribution in [-0.4, -0.2) is 44.7 Å². The van der Waals surface area contributed by atoms with Crippen LogP contribution in [0.1, 0.15) is 58.3 Å². The first-order valence-electron chi connectivity index (χ1n) is 7.74. The van der Waals surface area contributed by atoms with Gasteiger partial charge in [0.15, 0.2) is 0 Å². The maximum absolute atomic E-state index is 12.2. The number of rotatable bonds is 9. The Morgan fingerprint density at radius 1 is 1.11 bits per heavy atom. The normalized spacial score (nSPS) is 18.1. The molecule has 0 radical (unpaired) electrons. The van der Waals surface area contributed by atoms with E-state index < -0.39 is 10.0 Å². The summed E-state index contributed by atoms with van der Waals surface area (Å²) in [5, 5.41) is 3.31. The van der Waals surface area contributed by atoms with Crippen molar-refractivity contribution in [3.63, 3.8) is 0 Å². The monoisotopic (exact) mass is 290 g/mol. The lowest BCUT2D eigenvalue weighted by molar-refractivity contribution is 0.285. The van der Waals surface area contributed by atoms with Crippen LogP contribution < -0.4 is 5.32 Å². The predicted octanol–water partition coefficient (Wildman–Crippen LogP) is 2.36. The van der Waals surface area contributed by atoms with E-state index >= 15 is 0 Å². The molecule has 0 unspecified atom stereocenters. The van der Waals surface area contributed by atoms with Gasteiger partial charge in [-0.2, -0.15) is 0 Å². The predicted molar refractivity (Wildman–Crippen MR) is 80.8 cm³/mol. The molecule has 4 nitrogen and oxygen atoms in total. The van der Waals surface area contributed by atoms with Gasteiger partial charge >= 0.3 is 0 Å². The highest BCUT2D eigenvalue weighted by atomic mass is 32.2. The highest BCUT2D eigenvalue weighted by molar-refractivity contribution is 7.89. The standard InChI is InChI=1S/C14H30N2O2S/c1-3-11-15-12-7-8-13-19(17,18)16(2)14-9-5-4-6-10-14/h14-15H,3-13H2,1-2H3. The van der Waals surface area contributed by atoms with E-state index in [1.165, 1.54) is 19.3 Å². The SMILES string of the molecule is CCCNCCCCS(=O)(=O)N(C)C1CCCCC1. The molecule has 1 aliphatic carbocycles. The van der Waals surface area contributed by atoms with Gasteiger partial charge < -0.3 is 5.32 Å². The van der Waals surface area contributed by atoms with Crippen LogP contribution in [0.25, 0.3) is 0 Å². The third-order valence-electron chi connectivity index (χ3n) is 3.96. The number of hydrogen-bond acceptors (Lipinski definition) is 3. The van der Waals surface area contributed by atoms with Crippen LogP contribution in [0.2, 0.25) is 0 Å². The van der Waals surface area contributed by atoms with Crippen molar-refractivity contribution in [2.24, 2.45) is 0 Å². The summed E-state index contributed by atoms with van der Waals surface area (Å²) in [6.07, 6.45) is 8.50. The first kappa shape index (κ1) is 16.9. The van der Waals surface area contributed by atoms with Gasteiger partial charge in [0, 0.05) is 13.1 Å². The smallest absolute Gasteiger partial charge is 0.214 e. The first-order chi connectivity index (χ1) is 9.08. The molecule has 0 aliphatic heterocycles. The van der Waals surface area contributed by atoms with Crippen molar-refractivity contribution in [1.29, 1.82) is 0 Å².